The highest BCUT2D eigenvalue weighted by atomic mass is 16.3. The molecule has 1 atom stereocenters. The molecule has 4 nitrogen and oxygen atoms in total. The maximum atomic E-state index is 11.7. The van der Waals surface area contributed by atoms with E-state index in [0.29, 0.717) is 12.8 Å². The minimum atomic E-state index is -0.941. The van der Waals surface area contributed by atoms with E-state index in [2.05, 4.69) is 11.4 Å². The summed E-state index contributed by atoms with van der Waals surface area (Å²) in [6.07, 6.45) is 0.980. The van der Waals surface area contributed by atoms with Crippen LogP contribution in [0, 0.1) is 16.7 Å². The van der Waals surface area contributed by atoms with Crippen LogP contribution in [0.4, 0.5) is 0 Å². The topological polar surface area (TPSA) is 73.1 Å². The summed E-state index contributed by atoms with van der Waals surface area (Å²) in [5.41, 5.74) is -0.941. The molecule has 4 heteroatoms. The van der Waals surface area contributed by atoms with E-state index in [4.69, 9.17) is 10.4 Å². The second kappa shape index (κ2) is 5.61. The second-order valence-electron chi connectivity index (χ2n) is 3.46. The van der Waals surface area contributed by atoms with Crippen LogP contribution >= 0.6 is 0 Å². The lowest BCUT2D eigenvalue weighted by atomic mass is 9.83. The number of aliphatic hydroxyl groups excluding tert-OH is 1. The van der Waals surface area contributed by atoms with Crippen LogP contribution in [0.15, 0.2) is 0 Å². The van der Waals surface area contributed by atoms with E-state index < -0.39 is 5.41 Å². The smallest absolute Gasteiger partial charge is 0.240 e. The van der Waals surface area contributed by atoms with Gasteiger partial charge in [-0.1, -0.05) is 13.8 Å². The van der Waals surface area contributed by atoms with Crippen molar-refractivity contribution in [3.05, 3.63) is 0 Å². The summed E-state index contributed by atoms with van der Waals surface area (Å²) in [5, 5.41) is 20.3. The number of amides is 1. The summed E-state index contributed by atoms with van der Waals surface area (Å²) in [6, 6.07) is 1.75. The third-order valence-electron chi connectivity index (χ3n) is 2.51. The maximum absolute atomic E-state index is 11.7. The van der Waals surface area contributed by atoms with Gasteiger partial charge in [-0.2, -0.15) is 5.26 Å². The van der Waals surface area contributed by atoms with Crippen LogP contribution in [-0.4, -0.2) is 23.7 Å². The summed E-state index contributed by atoms with van der Waals surface area (Å²) in [6.45, 7) is 5.22. The fourth-order valence-corrected chi connectivity index (χ4v) is 1.19. The Morgan fingerprint density at radius 2 is 2.07 bits per heavy atom. The molecule has 1 unspecified atom stereocenters. The Kier molecular flexibility index (Phi) is 5.18. The second-order valence-corrected chi connectivity index (χ2v) is 3.46. The van der Waals surface area contributed by atoms with Gasteiger partial charge in [0.1, 0.15) is 5.41 Å². The first kappa shape index (κ1) is 12.9. The first-order valence-corrected chi connectivity index (χ1v) is 4.89. The predicted molar refractivity (Wildman–Crippen MR) is 53.3 cm³/mol. The quantitative estimate of drug-likeness (QED) is 0.686. The van der Waals surface area contributed by atoms with Crippen molar-refractivity contribution in [3.8, 4) is 6.07 Å². The first-order chi connectivity index (χ1) is 6.56. The third kappa shape index (κ3) is 2.71. The molecule has 0 fully saturated rings. The number of nitrogens with zero attached hydrogens (tertiary/aromatic N) is 1. The SMILES string of the molecule is CCC(C#N)(CC)C(=O)NC(C)CO. The molecule has 0 aliphatic heterocycles. The minimum absolute atomic E-state index is 0.110. The lowest BCUT2D eigenvalue weighted by molar-refractivity contribution is -0.129. The zero-order valence-corrected chi connectivity index (χ0v) is 9.00. The Labute approximate surface area is 84.9 Å². The van der Waals surface area contributed by atoms with Gasteiger partial charge in [0.15, 0.2) is 0 Å². The number of nitrogens with one attached hydrogen (secondary N) is 1. The molecular formula is C10H18N2O2. The van der Waals surface area contributed by atoms with Crippen molar-refractivity contribution >= 4 is 5.91 Å². The van der Waals surface area contributed by atoms with Crippen LogP contribution in [0.25, 0.3) is 0 Å². The average Bonchev–Trinajstić information content (AvgIpc) is 2.21. The van der Waals surface area contributed by atoms with E-state index in [-0.39, 0.29) is 18.6 Å². The number of hydrogen-bond donors (Lipinski definition) is 2. The van der Waals surface area contributed by atoms with Crippen molar-refractivity contribution < 1.29 is 9.90 Å². The van der Waals surface area contributed by atoms with Gasteiger partial charge in [-0.25, -0.2) is 0 Å². The molecule has 0 aromatic heterocycles. The highest BCUT2D eigenvalue weighted by Gasteiger charge is 2.35. The average molecular weight is 198 g/mol. The third-order valence-corrected chi connectivity index (χ3v) is 2.51. The predicted octanol–water partition coefficient (Wildman–Crippen LogP) is 0.813. The zero-order chi connectivity index (χ0) is 11.2. The summed E-state index contributed by atoms with van der Waals surface area (Å²) in [5.74, 6) is -0.286. The van der Waals surface area contributed by atoms with Crippen molar-refractivity contribution in [1.82, 2.24) is 5.32 Å². The number of carbonyl (C=O) groups is 1. The number of rotatable bonds is 5. The molecule has 14 heavy (non-hydrogen) atoms. The van der Waals surface area contributed by atoms with E-state index in [0.717, 1.165) is 0 Å². The molecule has 0 aromatic rings. The molecule has 1 amide bonds. The van der Waals surface area contributed by atoms with Gasteiger partial charge < -0.3 is 10.4 Å². The highest BCUT2D eigenvalue weighted by molar-refractivity contribution is 5.85. The minimum Gasteiger partial charge on any atom is -0.394 e. The van der Waals surface area contributed by atoms with Gasteiger partial charge in [0, 0.05) is 6.04 Å². The largest absolute Gasteiger partial charge is 0.394 e. The van der Waals surface area contributed by atoms with Crippen LogP contribution in [-0.2, 0) is 4.79 Å². The number of nitriles is 1. The van der Waals surface area contributed by atoms with Crippen molar-refractivity contribution in [1.29, 1.82) is 5.26 Å². The molecule has 0 spiro atoms. The van der Waals surface area contributed by atoms with Crippen LogP contribution in [0.3, 0.4) is 0 Å². The van der Waals surface area contributed by atoms with Crippen LogP contribution in [0.2, 0.25) is 0 Å². The maximum Gasteiger partial charge on any atom is 0.240 e. The van der Waals surface area contributed by atoms with Gasteiger partial charge in [0.25, 0.3) is 0 Å². The summed E-state index contributed by atoms with van der Waals surface area (Å²) < 4.78 is 0. The van der Waals surface area contributed by atoms with E-state index >= 15 is 0 Å². The van der Waals surface area contributed by atoms with Gasteiger partial charge in [-0.15, -0.1) is 0 Å². The number of hydrogen-bond acceptors (Lipinski definition) is 3. The monoisotopic (exact) mass is 198 g/mol. The summed E-state index contributed by atoms with van der Waals surface area (Å²) in [4.78, 5) is 11.7. The van der Waals surface area contributed by atoms with Crippen molar-refractivity contribution in [2.24, 2.45) is 5.41 Å². The molecule has 0 saturated heterocycles. The number of carbonyl (C=O) groups excluding carboxylic acids is 1. The molecule has 0 aliphatic carbocycles. The molecule has 0 heterocycles. The molecule has 2 N–H and O–H groups in total. The molecular weight excluding hydrogens is 180 g/mol. The van der Waals surface area contributed by atoms with Crippen molar-refractivity contribution in [2.75, 3.05) is 6.61 Å². The molecule has 0 saturated carbocycles. The molecule has 0 aliphatic rings. The van der Waals surface area contributed by atoms with Crippen molar-refractivity contribution in [2.45, 2.75) is 39.7 Å². The summed E-state index contributed by atoms with van der Waals surface area (Å²) >= 11 is 0. The van der Waals surface area contributed by atoms with Crippen LogP contribution in [0.5, 0.6) is 0 Å². The molecule has 0 radical (unpaired) electrons. The highest BCUT2D eigenvalue weighted by Crippen LogP contribution is 2.25. The lowest BCUT2D eigenvalue weighted by Crippen LogP contribution is -2.44. The van der Waals surface area contributed by atoms with Gasteiger partial charge >= 0.3 is 0 Å². The van der Waals surface area contributed by atoms with Crippen LogP contribution in [0.1, 0.15) is 33.6 Å². The first-order valence-electron chi connectivity index (χ1n) is 4.89. The van der Waals surface area contributed by atoms with Gasteiger partial charge in [-0.3, -0.25) is 4.79 Å². The Morgan fingerprint density at radius 3 is 2.36 bits per heavy atom. The fourth-order valence-electron chi connectivity index (χ4n) is 1.19. The van der Waals surface area contributed by atoms with E-state index in [1.54, 1.807) is 6.92 Å². The normalized spacial score (nSPS) is 13.1. The van der Waals surface area contributed by atoms with Crippen molar-refractivity contribution in [3.63, 3.8) is 0 Å². The molecule has 0 bridgehead atoms. The van der Waals surface area contributed by atoms with Crippen LogP contribution < -0.4 is 5.32 Å². The van der Waals surface area contributed by atoms with E-state index in [9.17, 15) is 4.79 Å². The summed E-state index contributed by atoms with van der Waals surface area (Å²) in [7, 11) is 0. The Bertz CT molecular complexity index is 229. The molecule has 0 aromatic carbocycles. The fraction of sp³-hybridized carbons (Fsp3) is 0.800. The Hall–Kier alpha value is -1.08. The number of aliphatic hydroxyl groups is 1. The van der Waals surface area contributed by atoms with E-state index in [1.165, 1.54) is 0 Å². The van der Waals surface area contributed by atoms with E-state index in [1.807, 2.05) is 13.8 Å². The molecule has 80 valence electrons. The van der Waals surface area contributed by atoms with Gasteiger partial charge in [0.05, 0.1) is 12.7 Å². The van der Waals surface area contributed by atoms with Gasteiger partial charge in [-0.05, 0) is 19.8 Å². The zero-order valence-electron chi connectivity index (χ0n) is 9.00. The Balaban J connectivity index is 4.55. The van der Waals surface area contributed by atoms with Gasteiger partial charge in [0.2, 0.25) is 5.91 Å². The standard InChI is InChI=1S/C10H18N2O2/c1-4-10(5-2,7-11)9(14)12-8(3)6-13/h8,13H,4-6H2,1-3H3,(H,12,14). The lowest BCUT2D eigenvalue weighted by Gasteiger charge is -2.24. The molecule has 0 rings (SSSR count). The Morgan fingerprint density at radius 1 is 1.57 bits per heavy atom.